The molecule has 4 rings (SSSR count). The van der Waals surface area contributed by atoms with Crippen molar-refractivity contribution < 1.29 is 14.3 Å². The summed E-state index contributed by atoms with van der Waals surface area (Å²) in [6, 6.07) is 23.5. The standard InChI is InChI=1S/C32H37N3O3/c1-23(2)20-35(32(37)25-12-9-10-24(3)18-25)22-31(36)34(21-27-11-5-8-15-30(27)38-4)17-16-26-19-33-29-14-7-6-13-28(26)29/h5-15,18-19,23,33H,16-17,20-22H2,1-4H3. The third-order valence-corrected chi connectivity index (χ3v) is 6.70. The third-order valence-electron chi connectivity index (χ3n) is 6.70. The highest BCUT2D eigenvalue weighted by Gasteiger charge is 2.24. The smallest absolute Gasteiger partial charge is 0.254 e. The number of hydrogen-bond donors (Lipinski definition) is 1. The molecular formula is C32H37N3O3. The molecule has 0 radical (unpaired) electrons. The van der Waals surface area contributed by atoms with Crippen LogP contribution in [0.2, 0.25) is 0 Å². The van der Waals surface area contributed by atoms with E-state index in [1.807, 2.05) is 78.7 Å². The summed E-state index contributed by atoms with van der Waals surface area (Å²) in [5.41, 5.74) is 4.80. The maximum absolute atomic E-state index is 13.8. The van der Waals surface area contributed by atoms with Crippen LogP contribution in [0.15, 0.2) is 79.0 Å². The number of ether oxygens (including phenoxy) is 1. The number of aromatic amines is 1. The highest BCUT2D eigenvalue weighted by molar-refractivity contribution is 5.96. The molecule has 6 nitrogen and oxygen atoms in total. The molecule has 0 aliphatic carbocycles. The Balaban J connectivity index is 1.58. The number of benzene rings is 3. The second kappa shape index (κ2) is 12.5. The Morgan fingerprint density at radius 2 is 1.68 bits per heavy atom. The van der Waals surface area contributed by atoms with E-state index in [9.17, 15) is 9.59 Å². The van der Waals surface area contributed by atoms with Gasteiger partial charge in [0.25, 0.3) is 5.91 Å². The molecule has 0 aliphatic heterocycles. The maximum atomic E-state index is 13.8. The van der Waals surface area contributed by atoms with E-state index in [4.69, 9.17) is 4.74 Å². The molecule has 0 saturated carbocycles. The van der Waals surface area contributed by atoms with Crippen molar-refractivity contribution in [3.63, 3.8) is 0 Å². The number of nitrogens with one attached hydrogen (secondary N) is 1. The number of para-hydroxylation sites is 2. The van der Waals surface area contributed by atoms with Crippen LogP contribution in [0.3, 0.4) is 0 Å². The first-order valence-electron chi connectivity index (χ1n) is 13.2. The molecule has 4 aromatic rings. The zero-order valence-corrected chi connectivity index (χ0v) is 22.7. The van der Waals surface area contributed by atoms with Gasteiger partial charge in [0.1, 0.15) is 12.3 Å². The Kier molecular flexibility index (Phi) is 8.85. The Bertz CT molecular complexity index is 1390. The molecule has 0 saturated heterocycles. The summed E-state index contributed by atoms with van der Waals surface area (Å²) in [7, 11) is 1.64. The first-order chi connectivity index (χ1) is 18.4. The SMILES string of the molecule is COc1ccccc1CN(CCc1c[nH]c2ccccc12)C(=O)CN(CC(C)C)C(=O)c1cccc(C)c1. The van der Waals surface area contributed by atoms with Crippen LogP contribution in [0.4, 0.5) is 0 Å². The van der Waals surface area contributed by atoms with Gasteiger partial charge in [-0.25, -0.2) is 0 Å². The minimum atomic E-state index is -0.121. The van der Waals surface area contributed by atoms with Gasteiger partial charge < -0.3 is 19.5 Å². The van der Waals surface area contributed by atoms with E-state index in [-0.39, 0.29) is 24.3 Å². The van der Waals surface area contributed by atoms with Gasteiger partial charge in [-0.15, -0.1) is 0 Å². The summed E-state index contributed by atoms with van der Waals surface area (Å²) in [5.74, 6) is 0.764. The fourth-order valence-corrected chi connectivity index (χ4v) is 4.81. The Labute approximate surface area is 225 Å². The number of hydrogen-bond acceptors (Lipinski definition) is 3. The summed E-state index contributed by atoms with van der Waals surface area (Å²) >= 11 is 0. The molecule has 0 bridgehead atoms. The number of amides is 2. The number of aromatic nitrogens is 1. The highest BCUT2D eigenvalue weighted by Crippen LogP contribution is 2.22. The van der Waals surface area contributed by atoms with Crippen LogP contribution >= 0.6 is 0 Å². The molecule has 1 N–H and O–H groups in total. The van der Waals surface area contributed by atoms with Gasteiger partial charge >= 0.3 is 0 Å². The Hall–Kier alpha value is -4.06. The molecular weight excluding hydrogens is 474 g/mol. The predicted molar refractivity (Wildman–Crippen MR) is 152 cm³/mol. The Morgan fingerprint density at radius 1 is 0.921 bits per heavy atom. The minimum absolute atomic E-state index is 0.0218. The first kappa shape index (κ1) is 27.0. The quantitative estimate of drug-likeness (QED) is 0.275. The summed E-state index contributed by atoms with van der Waals surface area (Å²) < 4.78 is 5.57. The van der Waals surface area contributed by atoms with Gasteiger partial charge in [-0.1, -0.05) is 67.9 Å². The molecule has 0 unspecified atom stereocenters. The van der Waals surface area contributed by atoms with E-state index in [0.717, 1.165) is 33.3 Å². The molecule has 6 heteroatoms. The van der Waals surface area contributed by atoms with Crippen LogP contribution in [0.1, 0.15) is 40.9 Å². The number of fused-ring (bicyclic) bond motifs is 1. The van der Waals surface area contributed by atoms with Gasteiger partial charge in [-0.3, -0.25) is 9.59 Å². The van der Waals surface area contributed by atoms with Crippen molar-refractivity contribution in [1.29, 1.82) is 0 Å². The van der Waals surface area contributed by atoms with Gasteiger partial charge in [-0.05, 0) is 49.1 Å². The van der Waals surface area contributed by atoms with Crippen molar-refractivity contribution in [3.05, 3.63) is 101 Å². The van der Waals surface area contributed by atoms with E-state index in [1.54, 1.807) is 12.0 Å². The summed E-state index contributed by atoms with van der Waals surface area (Å²) in [6.07, 6.45) is 2.71. The van der Waals surface area contributed by atoms with Gasteiger partial charge in [-0.2, -0.15) is 0 Å². The van der Waals surface area contributed by atoms with Crippen molar-refractivity contribution in [1.82, 2.24) is 14.8 Å². The number of aryl methyl sites for hydroxylation is 1. The van der Waals surface area contributed by atoms with E-state index in [0.29, 0.717) is 31.6 Å². The van der Waals surface area contributed by atoms with Gasteiger partial charge in [0, 0.05) is 47.9 Å². The number of carbonyl (C=O) groups excluding carboxylic acids is 2. The predicted octanol–water partition coefficient (Wildman–Crippen LogP) is 5.85. The number of H-pyrrole nitrogens is 1. The normalized spacial score (nSPS) is 11.1. The summed E-state index contributed by atoms with van der Waals surface area (Å²) in [6.45, 7) is 7.54. The van der Waals surface area contributed by atoms with Crippen LogP contribution < -0.4 is 4.74 Å². The lowest BCUT2D eigenvalue weighted by Gasteiger charge is -2.29. The second-order valence-electron chi connectivity index (χ2n) is 10.2. The van der Waals surface area contributed by atoms with Crippen molar-refractivity contribution in [2.24, 2.45) is 5.92 Å². The highest BCUT2D eigenvalue weighted by atomic mass is 16.5. The van der Waals surface area contributed by atoms with Crippen LogP contribution in [-0.2, 0) is 17.8 Å². The minimum Gasteiger partial charge on any atom is -0.496 e. The lowest BCUT2D eigenvalue weighted by molar-refractivity contribution is -0.132. The third kappa shape index (κ3) is 6.62. The lowest BCUT2D eigenvalue weighted by atomic mass is 10.1. The average Bonchev–Trinajstić information content (AvgIpc) is 3.33. The van der Waals surface area contributed by atoms with Gasteiger partial charge in [0.05, 0.1) is 7.11 Å². The maximum Gasteiger partial charge on any atom is 0.254 e. The van der Waals surface area contributed by atoms with E-state index in [2.05, 4.69) is 31.0 Å². The molecule has 0 spiro atoms. The lowest BCUT2D eigenvalue weighted by Crippen LogP contribution is -2.44. The second-order valence-corrected chi connectivity index (χ2v) is 10.2. The molecule has 1 heterocycles. The molecule has 0 fully saturated rings. The molecule has 38 heavy (non-hydrogen) atoms. The topological polar surface area (TPSA) is 65.6 Å². The number of carbonyl (C=O) groups is 2. The van der Waals surface area contributed by atoms with Crippen LogP contribution in [0, 0.1) is 12.8 Å². The van der Waals surface area contributed by atoms with E-state index < -0.39 is 0 Å². The molecule has 0 aliphatic rings. The van der Waals surface area contributed by atoms with E-state index in [1.165, 1.54) is 0 Å². The number of rotatable bonds is 11. The molecule has 2 amide bonds. The van der Waals surface area contributed by atoms with Crippen molar-refractivity contribution in [2.45, 2.75) is 33.7 Å². The van der Waals surface area contributed by atoms with E-state index >= 15 is 0 Å². The van der Waals surface area contributed by atoms with Gasteiger partial charge in [0.2, 0.25) is 5.91 Å². The monoisotopic (exact) mass is 511 g/mol. The van der Waals surface area contributed by atoms with Crippen LogP contribution in [0.5, 0.6) is 5.75 Å². The largest absolute Gasteiger partial charge is 0.496 e. The molecule has 3 aromatic carbocycles. The fraction of sp³-hybridized carbons (Fsp3) is 0.312. The van der Waals surface area contributed by atoms with Crippen LogP contribution in [-0.4, -0.2) is 53.3 Å². The average molecular weight is 512 g/mol. The van der Waals surface area contributed by atoms with Gasteiger partial charge in [0.15, 0.2) is 0 Å². The van der Waals surface area contributed by atoms with Crippen LogP contribution in [0.25, 0.3) is 10.9 Å². The fourth-order valence-electron chi connectivity index (χ4n) is 4.81. The summed E-state index contributed by atoms with van der Waals surface area (Å²) in [4.78, 5) is 34.2. The number of nitrogens with zero attached hydrogens (tertiary/aromatic N) is 2. The van der Waals surface area contributed by atoms with Crippen molar-refractivity contribution >= 4 is 22.7 Å². The molecule has 198 valence electrons. The van der Waals surface area contributed by atoms with Crippen molar-refractivity contribution in [3.8, 4) is 5.75 Å². The molecule has 0 atom stereocenters. The Morgan fingerprint density at radius 3 is 2.45 bits per heavy atom. The van der Waals surface area contributed by atoms with Crippen molar-refractivity contribution in [2.75, 3.05) is 26.7 Å². The first-order valence-corrected chi connectivity index (χ1v) is 13.2. The summed E-state index contributed by atoms with van der Waals surface area (Å²) in [5, 5.41) is 1.16. The number of methoxy groups -OCH3 is 1. The zero-order valence-electron chi connectivity index (χ0n) is 22.7. The molecule has 1 aromatic heterocycles. The zero-order chi connectivity index (χ0) is 27.1.